The Balaban J connectivity index is 2.60. The second kappa shape index (κ2) is 7.63. The third-order valence-corrected chi connectivity index (χ3v) is 4.70. The Morgan fingerprint density at radius 3 is 2.67 bits per heavy atom. The minimum Gasteiger partial charge on any atom is -0.379 e. The van der Waals surface area contributed by atoms with E-state index in [0.29, 0.717) is 6.04 Å². The van der Waals surface area contributed by atoms with Gasteiger partial charge in [0.15, 0.2) is 0 Å². The molecule has 104 valence electrons. The lowest BCUT2D eigenvalue weighted by molar-refractivity contribution is 0.00720. The summed E-state index contributed by atoms with van der Waals surface area (Å²) in [7, 11) is 1.79. The van der Waals surface area contributed by atoms with Crippen molar-refractivity contribution in [2.24, 2.45) is 0 Å². The van der Waals surface area contributed by atoms with Crippen LogP contribution in [0.25, 0.3) is 0 Å². The third-order valence-electron chi connectivity index (χ3n) is 3.05. The standard InChI is InChI=1S/C14H24BrNOS/c1-5-8-16-11(10-14(2,3)17-4)9-12-6-7-13(15)18-12/h6-7,11,16H,5,8-10H2,1-4H3. The van der Waals surface area contributed by atoms with Gasteiger partial charge in [-0.05, 0) is 67.7 Å². The fraction of sp³-hybridized carbons (Fsp3) is 0.714. The van der Waals surface area contributed by atoms with Crippen LogP contribution in [0, 0.1) is 0 Å². The molecule has 1 aromatic rings. The van der Waals surface area contributed by atoms with Crippen LogP contribution in [0.15, 0.2) is 15.9 Å². The molecule has 0 spiro atoms. The summed E-state index contributed by atoms with van der Waals surface area (Å²) in [6, 6.07) is 4.80. The topological polar surface area (TPSA) is 21.3 Å². The van der Waals surface area contributed by atoms with E-state index in [9.17, 15) is 0 Å². The number of nitrogens with one attached hydrogen (secondary N) is 1. The van der Waals surface area contributed by atoms with Crippen molar-refractivity contribution >= 4 is 27.3 Å². The Labute approximate surface area is 123 Å². The van der Waals surface area contributed by atoms with Crippen molar-refractivity contribution < 1.29 is 4.74 Å². The summed E-state index contributed by atoms with van der Waals surface area (Å²) in [5.41, 5.74) is -0.0695. The molecule has 0 saturated carbocycles. The Bertz CT molecular complexity index is 351. The van der Waals surface area contributed by atoms with Gasteiger partial charge in [0.25, 0.3) is 0 Å². The van der Waals surface area contributed by atoms with Gasteiger partial charge < -0.3 is 10.1 Å². The first kappa shape index (κ1) is 16.2. The van der Waals surface area contributed by atoms with Gasteiger partial charge in [-0.15, -0.1) is 11.3 Å². The van der Waals surface area contributed by atoms with Crippen molar-refractivity contribution in [3.05, 3.63) is 20.8 Å². The van der Waals surface area contributed by atoms with Crippen LogP contribution in [-0.4, -0.2) is 25.3 Å². The van der Waals surface area contributed by atoms with Crippen molar-refractivity contribution in [1.29, 1.82) is 0 Å². The molecule has 0 fully saturated rings. The summed E-state index contributed by atoms with van der Waals surface area (Å²) in [4.78, 5) is 1.42. The lowest BCUT2D eigenvalue weighted by Crippen LogP contribution is -2.39. The fourth-order valence-corrected chi connectivity index (χ4v) is 3.51. The zero-order chi connectivity index (χ0) is 13.6. The van der Waals surface area contributed by atoms with Crippen LogP contribution in [0.3, 0.4) is 0 Å². The summed E-state index contributed by atoms with van der Waals surface area (Å²) in [6.45, 7) is 7.57. The lowest BCUT2D eigenvalue weighted by atomic mass is 9.96. The minimum absolute atomic E-state index is 0.0695. The molecule has 1 heterocycles. The molecule has 2 nitrogen and oxygen atoms in total. The predicted molar refractivity (Wildman–Crippen MR) is 83.5 cm³/mol. The molecule has 1 aromatic heterocycles. The van der Waals surface area contributed by atoms with Gasteiger partial charge in [0, 0.05) is 18.0 Å². The fourth-order valence-electron chi connectivity index (χ4n) is 1.95. The van der Waals surface area contributed by atoms with E-state index < -0.39 is 0 Å². The van der Waals surface area contributed by atoms with E-state index in [1.165, 1.54) is 8.66 Å². The Kier molecular flexibility index (Phi) is 6.85. The zero-order valence-corrected chi connectivity index (χ0v) is 14.2. The van der Waals surface area contributed by atoms with Crippen molar-refractivity contribution in [2.75, 3.05) is 13.7 Å². The highest BCUT2D eigenvalue weighted by atomic mass is 79.9. The van der Waals surface area contributed by atoms with E-state index in [1.54, 1.807) is 7.11 Å². The van der Waals surface area contributed by atoms with Crippen LogP contribution in [0.2, 0.25) is 0 Å². The molecule has 1 rings (SSSR count). The summed E-state index contributed by atoms with van der Waals surface area (Å²) in [6.07, 6.45) is 3.26. The number of hydrogen-bond donors (Lipinski definition) is 1. The molecule has 0 radical (unpaired) electrons. The van der Waals surface area contributed by atoms with Crippen molar-refractivity contribution in [3.8, 4) is 0 Å². The van der Waals surface area contributed by atoms with Gasteiger partial charge in [0.1, 0.15) is 0 Å². The highest BCUT2D eigenvalue weighted by Gasteiger charge is 2.23. The molecule has 4 heteroatoms. The predicted octanol–water partition coefficient (Wildman–Crippen LogP) is 4.24. The average Bonchev–Trinajstić information content (AvgIpc) is 2.71. The number of methoxy groups -OCH3 is 1. The molecule has 0 amide bonds. The number of halogens is 1. The van der Waals surface area contributed by atoms with Crippen molar-refractivity contribution in [2.45, 2.75) is 51.7 Å². The first-order valence-corrected chi connectivity index (χ1v) is 8.10. The first-order valence-electron chi connectivity index (χ1n) is 6.49. The normalized spacial score (nSPS) is 13.8. The number of ether oxygens (including phenoxy) is 1. The van der Waals surface area contributed by atoms with Crippen LogP contribution < -0.4 is 5.32 Å². The van der Waals surface area contributed by atoms with Crippen LogP contribution in [0.1, 0.15) is 38.5 Å². The van der Waals surface area contributed by atoms with Gasteiger partial charge >= 0.3 is 0 Å². The summed E-state index contributed by atoms with van der Waals surface area (Å²) in [5, 5.41) is 3.63. The minimum atomic E-state index is -0.0695. The molecule has 1 atom stereocenters. The van der Waals surface area contributed by atoms with Gasteiger partial charge in [0.05, 0.1) is 9.39 Å². The Morgan fingerprint density at radius 1 is 1.44 bits per heavy atom. The Morgan fingerprint density at radius 2 is 2.17 bits per heavy atom. The largest absolute Gasteiger partial charge is 0.379 e. The van der Waals surface area contributed by atoms with Gasteiger partial charge in [-0.1, -0.05) is 6.92 Å². The van der Waals surface area contributed by atoms with Crippen LogP contribution in [0.5, 0.6) is 0 Å². The smallest absolute Gasteiger partial charge is 0.0701 e. The number of thiophene rings is 1. The molecular formula is C14H24BrNOS. The summed E-state index contributed by atoms with van der Waals surface area (Å²) >= 11 is 5.34. The summed E-state index contributed by atoms with van der Waals surface area (Å²) < 4.78 is 6.75. The summed E-state index contributed by atoms with van der Waals surface area (Å²) in [5.74, 6) is 0. The zero-order valence-electron chi connectivity index (χ0n) is 11.8. The van der Waals surface area contributed by atoms with Crippen LogP contribution in [0.4, 0.5) is 0 Å². The second-order valence-corrected chi connectivity index (χ2v) is 7.78. The highest BCUT2D eigenvalue weighted by Crippen LogP contribution is 2.25. The second-order valence-electron chi connectivity index (χ2n) is 5.23. The van der Waals surface area contributed by atoms with E-state index in [0.717, 1.165) is 25.8 Å². The molecule has 0 saturated heterocycles. The molecule has 0 aliphatic carbocycles. The molecule has 0 aliphatic rings. The quantitative estimate of drug-likeness (QED) is 0.768. The molecule has 0 aliphatic heterocycles. The molecule has 0 aromatic carbocycles. The van der Waals surface area contributed by atoms with Crippen molar-refractivity contribution in [3.63, 3.8) is 0 Å². The molecule has 0 bridgehead atoms. The maximum Gasteiger partial charge on any atom is 0.0701 e. The van der Waals surface area contributed by atoms with Gasteiger partial charge in [0.2, 0.25) is 0 Å². The first-order chi connectivity index (χ1) is 8.46. The molecule has 1 N–H and O–H groups in total. The maximum atomic E-state index is 5.55. The maximum absolute atomic E-state index is 5.55. The van der Waals surface area contributed by atoms with Crippen LogP contribution >= 0.6 is 27.3 Å². The van der Waals surface area contributed by atoms with Crippen molar-refractivity contribution in [1.82, 2.24) is 5.32 Å². The molecule has 1 unspecified atom stereocenters. The van der Waals surface area contributed by atoms with E-state index in [1.807, 2.05) is 11.3 Å². The van der Waals surface area contributed by atoms with Crippen LogP contribution in [-0.2, 0) is 11.2 Å². The average molecular weight is 334 g/mol. The molecular weight excluding hydrogens is 310 g/mol. The highest BCUT2D eigenvalue weighted by molar-refractivity contribution is 9.11. The van der Waals surface area contributed by atoms with E-state index in [-0.39, 0.29) is 5.60 Å². The van der Waals surface area contributed by atoms with Gasteiger partial charge in [-0.25, -0.2) is 0 Å². The van der Waals surface area contributed by atoms with E-state index in [4.69, 9.17) is 4.74 Å². The molecule has 18 heavy (non-hydrogen) atoms. The third kappa shape index (κ3) is 5.83. The number of rotatable bonds is 8. The van der Waals surface area contributed by atoms with Gasteiger partial charge in [-0.3, -0.25) is 0 Å². The Hall–Kier alpha value is 0.1000. The SMILES string of the molecule is CCCNC(Cc1ccc(Br)s1)CC(C)(C)OC. The van der Waals surface area contributed by atoms with E-state index >= 15 is 0 Å². The number of hydrogen-bond acceptors (Lipinski definition) is 3. The van der Waals surface area contributed by atoms with E-state index in [2.05, 4.69) is 54.2 Å². The monoisotopic (exact) mass is 333 g/mol. The van der Waals surface area contributed by atoms with Gasteiger partial charge in [-0.2, -0.15) is 0 Å². The lowest BCUT2D eigenvalue weighted by Gasteiger charge is -2.29.